The summed E-state index contributed by atoms with van der Waals surface area (Å²) in [6, 6.07) is 0. The fourth-order valence-electron chi connectivity index (χ4n) is 8.98. The number of hydrogen-bond donors (Lipinski definition) is 1. The van der Waals surface area contributed by atoms with Gasteiger partial charge in [0.25, 0.3) is 0 Å². The minimum Gasteiger partial charge on any atom is -0.400 e. The van der Waals surface area contributed by atoms with Crippen LogP contribution in [0.25, 0.3) is 0 Å². The van der Waals surface area contributed by atoms with Crippen LogP contribution in [0.15, 0.2) is 0 Å². The van der Waals surface area contributed by atoms with Crippen molar-refractivity contribution in [3.8, 4) is 0 Å². The second-order valence-corrected chi connectivity index (χ2v) is 11.5. The van der Waals surface area contributed by atoms with Gasteiger partial charge in [-0.15, -0.1) is 0 Å². The molecular formula is C27H49O2Y-. The zero-order valence-electron chi connectivity index (χ0n) is 20.8. The van der Waals surface area contributed by atoms with Crippen molar-refractivity contribution in [1.29, 1.82) is 0 Å². The van der Waals surface area contributed by atoms with E-state index in [1.165, 1.54) is 57.8 Å². The van der Waals surface area contributed by atoms with Crippen LogP contribution in [0.3, 0.4) is 0 Å². The summed E-state index contributed by atoms with van der Waals surface area (Å²) in [5.41, 5.74) is 1.21. The minimum atomic E-state index is 0. The molecule has 2 nitrogen and oxygen atoms in total. The molecule has 4 fully saturated rings. The van der Waals surface area contributed by atoms with E-state index in [9.17, 15) is 4.79 Å². The Morgan fingerprint density at radius 3 is 2.27 bits per heavy atom. The molecule has 0 aromatic carbocycles. The molecule has 173 valence electrons. The topological polar surface area (TPSA) is 37.3 Å². The third kappa shape index (κ3) is 4.96. The van der Waals surface area contributed by atoms with Crippen LogP contribution in [-0.4, -0.2) is 18.5 Å². The molecule has 0 spiro atoms. The van der Waals surface area contributed by atoms with Crippen LogP contribution in [0.5, 0.6) is 0 Å². The maximum atomic E-state index is 10.9. The molecule has 9 unspecified atom stereocenters. The number of rotatable bonds is 4. The van der Waals surface area contributed by atoms with Crippen molar-refractivity contribution in [2.24, 2.45) is 52.3 Å². The average Bonchev–Trinajstić information content (AvgIpc) is 3.05. The molecule has 0 aromatic heterocycles. The Bertz CT molecular complexity index is 537. The van der Waals surface area contributed by atoms with Gasteiger partial charge in [0.1, 0.15) is 6.29 Å². The van der Waals surface area contributed by atoms with E-state index in [1.807, 2.05) is 0 Å². The van der Waals surface area contributed by atoms with E-state index >= 15 is 0 Å². The fraction of sp³-hybridized carbons (Fsp3) is 0.926. The Balaban J connectivity index is 0.00000109. The first-order valence-electron chi connectivity index (χ1n) is 12.3. The molecule has 3 heteroatoms. The van der Waals surface area contributed by atoms with Crippen molar-refractivity contribution in [1.82, 2.24) is 0 Å². The van der Waals surface area contributed by atoms with Gasteiger partial charge in [-0.05, 0) is 110 Å². The maximum absolute atomic E-state index is 10.9. The standard InChI is InChI=1S/C25H42O.CH4O.CH3.Y/c1-17-11-13-24(3)19(16-17)7-8-20-22-10-9-21(18(2)6-5-15-26)25(22,4)14-12-23(20)24;1-2;;/h15,17-23H,5-14,16H2,1-4H3;2H,1H3;1H3;/q;;-1;. The van der Waals surface area contributed by atoms with Crippen molar-refractivity contribution in [3.63, 3.8) is 0 Å². The van der Waals surface area contributed by atoms with Crippen LogP contribution in [0, 0.1) is 59.7 Å². The van der Waals surface area contributed by atoms with E-state index in [1.54, 1.807) is 0 Å². The first kappa shape index (κ1) is 28.8. The fourth-order valence-corrected chi connectivity index (χ4v) is 8.98. The van der Waals surface area contributed by atoms with Gasteiger partial charge in [-0.1, -0.05) is 34.1 Å². The first-order chi connectivity index (χ1) is 13.4. The molecule has 4 rings (SSSR count). The predicted octanol–water partition coefficient (Wildman–Crippen LogP) is 6.95. The molecule has 0 aromatic rings. The molecule has 1 radical (unpaired) electrons. The molecule has 9 atom stereocenters. The number of aldehydes is 1. The number of fused-ring (bicyclic) bond motifs is 5. The smallest absolute Gasteiger partial charge is 0.120 e. The molecule has 0 amide bonds. The Morgan fingerprint density at radius 1 is 0.967 bits per heavy atom. The van der Waals surface area contributed by atoms with Crippen molar-refractivity contribution in [3.05, 3.63) is 7.43 Å². The Labute approximate surface area is 213 Å². The first-order valence-corrected chi connectivity index (χ1v) is 12.3. The summed E-state index contributed by atoms with van der Waals surface area (Å²) in [5, 5.41) is 7.00. The van der Waals surface area contributed by atoms with E-state index in [0.29, 0.717) is 10.8 Å². The third-order valence-electron chi connectivity index (χ3n) is 10.4. The summed E-state index contributed by atoms with van der Waals surface area (Å²) in [6.45, 7) is 10.3. The van der Waals surface area contributed by atoms with E-state index in [-0.39, 0.29) is 40.1 Å². The summed E-state index contributed by atoms with van der Waals surface area (Å²) in [6.07, 6.45) is 16.4. The molecule has 1 N–H and O–H groups in total. The quantitative estimate of drug-likeness (QED) is 0.339. The van der Waals surface area contributed by atoms with Crippen LogP contribution in [-0.2, 0) is 37.5 Å². The zero-order chi connectivity index (χ0) is 20.5. The maximum Gasteiger partial charge on any atom is 0.120 e. The Kier molecular flexibility index (Phi) is 11.3. The van der Waals surface area contributed by atoms with Gasteiger partial charge in [-0.25, -0.2) is 0 Å². The molecule has 4 saturated carbocycles. The average molecular weight is 495 g/mol. The number of aliphatic hydroxyl groups is 1. The van der Waals surface area contributed by atoms with Crippen LogP contribution in [0.2, 0.25) is 0 Å². The van der Waals surface area contributed by atoms with Crippen LogP contribution in [0.1, 0.15) is 98.3 Å². The van der Waals surface area contributed by atoms with E-state index in [0.717, 1.165) is 67.7 Å². The second-order valence-electron chi connectivity index (χ2n) is 11.5. The molecule has 4 aliphatic rings. The van der Waals surface area contributed by atoms with E-state index in [2.05, 4.69) is 27.7 Å². The second kappa shape index (κ2) is 11.7. The van der Waals surface area contributed by atoms with E-state index < -0.39 is 0 Å². The Hall–Kier alpha value is 0.734. The molecular weight excluding hydrogens is 445 g/mol. The predicted molar refractivity (Wildman–Crippen MR) is 123 cm³/mol. The summed E-state index contributed by atoms with van der Waals surface area (Å²) < 4.78 is 0. The number of carbonyl (C=O) groups excluding carboxylic acids is 1. The van der Waals surface area contributed by atoms with Crippen LogP contribution < -0.4 is 0 Å². The molecule has 4 aliphatic carbocycles. The number of hydrogen-bond acceptors (Lipinski definition) is 2. The minimum absolute atomic E-state index is 0. The molecule has 0 saturated heterocycles. The molecule has 30 heavy (non-hydrogen) atoms. The van der Waals surface area contributed by atoms with Gasteiger partial charge in [-0.3, -0.25) is 0 Å². The zero-order valence-corrected chi connectivity index (χ0v) is 23.7. The van der Waals surface area contributed by atoms with Crippen molar-refractivity contribution in [2.45, 2.75) is 98.3 Å². The van der Waals surface area contributed by atoms with E-state index in [4.69, 9.17) is 5.11 Å². The Morgan fingerprint density at radius 2 is 1.60 bits per heavy atom. The summed E-state index contributed by atoms with van der Waals surface area (Å²) in [7, 11) is 1.00. The normalized spacial score (nSPS) is 45.1. The van der Waals surface area contributed by atoms with Crippen molar-refractivity contribution in [2.75, 3.05) is 7.11 Å². The summed E-state index contributed by atoms with van der Waals surface area (Å²) >= 11 is 0. The third-order valence-corrected chi connectivity index (χ3v) is 10.4. The van der Waals surface area contributed by atoms with Gasteiger partial charge in [0.15, 0.2) is 0 Å². The van der Waals surface area contributed by atoms with Gasteiger partial charge in [0.05, 0.1) is 0 Å². The molecule has 0 aliphatic heterocycles. The molecule has 0 heterocycles. The SMILES string of the molecule is CC1CCC2(C)C(CCC3C2CCC2(C)C(C(C)CCC=O)CCC32)C1.CO.[CH3-].[Y]. The summed E-state index contributed by atoms with van der Waals surface area (Å²) in [4.78, 5) is 10.9. The van der Waals surface area contributed by atoms with Crippen LogP contribution in [0.4, 0.5) is 0 Å². The molecule has 0 bridgehead atoms. The monoisotopic (exact) mass is 494 g/mol. The van der Waals surface area contributed by atoms with Gasteiger partial charge in [0, 0.05) is 46.2 Å². The van der Waals surface area contributed by atoms with Gasteiger partial charge >= 0.3 is 0 Å². The summed E-state index contributed by atoms with van der Waals surface area (Å²) in [5.74, 6) is 6.57. The van der Waals surface area contributed by atoms with Crippen molar-refractivity contribution < 1.29 is 42.6 Å². The number of aliphatic hydroxyl groups excluding tert-OH is 1. The largest absolute Gasteiger partial charge is 0.400 e. The number of carbonyl (C=O) groups is 1. The van der Waals surface area contributed by atoms with Crippen LogP contribution >= 0.6 is 0 Å². The van der Waals surface area contributed by atoms with Gasteiger partial charge < -0.3 is 17.3 Å². The van der Waals surface area contributed by atoms with Crippen molar-refractivity contribution >= 4 is 6.29 Å². The van der Waals surface area contributed by atoms with Gasteiger partial charge in [0.2, 0.25) is 0 Å². The van der Waals surface area contributed by atoms with Gasteiger partial charge in [-0.2, -0.15) is 0 Å².